The Morgan fingerprint density at radius 1 is 1.08 bits per heavy atom. The Balaban J connectivity index is 2.37. The molecule has 0 aromatic heterocycles. The lowest BCUT2D eigenvalue weighted by Gasteiger charge is -2.19. The summed E-state index contributed by atoms with van der Waals surface area (Å²) in [4.78, 5) is 0. The first kappa shape index (κ1) is 8.55. The summed E-state index contributed by atoms with van der Waals surface area (Å²) in [5.41, 5.74) is 4.76. The molecule has 13 heavy (non-hydrogen) atoms. The van der Waals surface area contributed by atoms with Crippen molar-refractivity contribution in [2.45, 2.75) is 27.2 Å². The topological polar surface area (TPSA) is 0 Å². The third-order valence-electron chi connectivity index (χ3n) is 2.73. The molecule has 0 amide bonds. The molecular weight excluding hydrogens is 156 g/mol. The highest BCUT2D eigenvalue weighted by molar-refractivity contribution is 5.64. The van der Waals surface area contributed by atoms with Gasteiger partial charge in [0.05, 0.1) is 0 Å². The Bertz CT molecular complexity index is 351. The van der Waals surface area contributed by atoms with Crippen molar-refractivity contribution < 1.29 is 0 Å². The summed E-state index contributed by atoms with van der Waals surface area (Å²) < 4.78 is 0. The molecule has 0 fully saturated rings. The molecule has 0 unspecified atom stereocenters. The molecular formula is C13H16. The highest BCUT2D eigenvalue weighted by Gasteiger charge is 2.22. The van der Waals surface area contributed by atoms with E-state index in [1.54, 1.807) is 5.57 Å². The maximum absolute atomic E-state index is 2.34. The zero-order valence-electron chi connectivity index (χ0n) is 8.59. The Morgan fingerprint density at radius 3 is 2.38 bits per heavy atom. The van der Waals surface area contributed by atoms with Crippen molar-refractivity contribution in [2.75, 3.05) is 0 Å². The van der Waals surface area contributed by atoms with Gasteiger partial charge in [-0.3, -0.25) is 0 Å². The Morgan fingerprint density at radius 2 is 1.77 bits per heavy atom. The summed E-state index contributed by atoms with van der Waals surface area (Å²) in [6.45, 7) is 6.85. The van der Waals surface area contributed by atoms with Crippen LogP contribution in [0.3, 0.4) is 0 Å². The molecule has 0 spiro atoms. The minimum Gasteiger partial charge on any atom is -0.0619 e. The third-order valence-corrected chi connectivity index (χ3v) is 2.73. The largest absolute Gasteiger partial charge is 0.0619 e. The van der Waals surface area contributed by atoms with Crippen LogP contribution in [0.15, 0.2) is 29.8 Å². The maximum atomic E-state index is 2.34. The van der Waals surface area contributed by atoms with E-state index in [0.29, 0.717) is 5.41 Å². The van der Waals surface area contributed by atoms with E-state index in [4.69, 9.17) is 0 Å². The van der Waals surface area contributed by atoms with Gasteiger partial charge in [-0.1, -0.05) is 56.7 Å². The fourth-order valence-electron chi connectivity index (χ4n) is 1.76. The summed E-state index contributed by atoms with van der Waals surface area (Å²) in [6, 6.07) is 8.66. The maximum Gasteiger partial charge on any atom is -0.00526 e. The van der Waals surface area contributed by atoms with Gasteiger partial charge in [0.2, 0.25) is 0 Å². The highest BCUT2D eigenvalue weighted by atomic mass is 14.3. The van der Waals surface area contributed by atoms with Gasteiger partial charge >= 0.3 is 0 Å². The molecule has 0 N–H and O–H groups in total. The van der Waals surface area contributed by atoms with E-state index in [2.05, 4.69) is 51.1 Å². The molecule has 0 heteroatoms. The quantitative estimate of drug-likeness (QED) is 0.560. The van der Waals surface area contributed by atoms with Gasteiger partial charge in [0.25, 0.3) is 0 Å². The van der Waals surface area contributed by atoms with Crippen LogP contribution >= 0.6 is 0 Å². The van der Waals surface area contributed by atoms with Gasteiger partial charge < -0.3 is 0 Å². The highest BCUT2D eigenvalue weighted by Crippen LogP contribution is 2.35. The van der Waals surface area contributed by atoms with Crippen molar-refractivity contribution >= 4 is 6.08 Å². The van der Waals surface area contributed by atoms with Crippen molar-refractivity contribution in [1.82, 2.24) is 0 Å². The van der Waals surface area contributed by atoms with Crippen molar-refractivity contribution in [1.29, 1.82) is 0 Å². The van der Waals surface area contributed by atoms with Gasteiger partial charge in [-0.2, -0.15) is 0 Å². The van der Waals surface area contributed by atoms with Crippen LogP contribution in [0, 0.1) is 5.41 Å². The van der Waals surface area contributed by atoms with E-state index in [1.807, 2.05) is 0 Å². The van der Waals surface area contributed by atoms with Crippen LogP contribution in [-0.2, 0) is 6.42 Å². The first-order valence-corrected chi connectivity index (χ1v) is 4.86. The van der Waals surface area contributed by atoms with Gasteiger partial charge in [0.15, 0.2) is 0 Å². The van der Waals surface area contributed by atoms with E-state index < -0.39 is 0 Å². The van der Waals surface area contributed by atoms with E-state index >= 15 is 0 Å². The van der Waals surface area contributed by atoms with Crippen molar-refractivity contribution in [3.05, 3.63) is 41.0 Å². The monoisotopic (exact) mass is 172 g/mol. The molecule has 2 rings (SSSR count). The molecule has 0 saturated carbocycles. The van der Waals surface area contributed by atoms with Gasteiger partial charge in [0, 0.05) is 0 Å². The molecule has 0 aliphatic heterocycles. The SMILES string of the molecule is CC(C)(C)C1=Cc2ccccc2C1. The zero-order chi connectivity index (χ0) is 9.47. The van der Waals surface area contributed by atoms with Crippen LogP contribution in [0.1, 0.15) is 31.9 Å². The number of hydrogen-bond donors (Lipinski definition) is 0. The summed E-state index contributed by atoms with van der Waals surface area (Å²) >= 11 is 0. The third kappa shape index (κ3) is 1.53. The van der Waals surface area contributed by atoms with E-state index in [0.717, 1.165) is 6.42 Å². The van der Waals surface area contributed by atoms with Crippen LogP contribution < -0.4 is 0 Å². The predicted octanol–water partition coefficient (Wildman–Crippen LogP) is 3.67. The molecule has 68 valence electrons. The molecule has 0 heterocycles. The van der Waals surface area contributed by atoms with Crippen LogP contribution in [0.2, 0.25) is 0 Å². The van der Waals surface area contributed by atoms with Crippen LogP contribution in [0.25, 0.3) is 6.08 Å². The molecule has 0 saturated heterocycles. The Labute approximate surface area is 80.3 Å². The van der Waals surface area contributed by atoms with E-state index in [9.17, 15) is 0 Å². The summed E-state index contributed by atoms with van der Waals surface area (Å²) in [5.74, 6) is 0. The standard InChI is InChI=1S/C13H16/c1-13(2,3)12-8-10-6-4-5-7-11(10)9-12/h4-8H,9H2,1-3H3. The number of hydrogen-bond acceptors (Lipinski definition) is 0. The van der Waals surface area contributed by atoms with Gasteiger partial charge in [-0.15, -0.1) is 0 Å². The lowest BCUT2D eigenvalue weighted by Crippen LogP contribution is -2.08. The summed E-state index contributed by atoms with van der Waals surface area (Å²) in [7, 11) is 0. The smallest absolute Gasteiger partial charge is 0.00526 e. The van der Waals surface area contributed by atoms with Crippen LogP contribution in [-0.4, -0.2) is 0 Å². The lowest BCUT2D eigenvalue weighted by atomic mass is 9.85. The van der Waals surface area contributed by atoms with Crippen molar-refractivity contribution in [2.24, 2.45) is 5.41 Å². The van der Waals surface area contributed by atoms with Gasteiger partial charge in [0.1, 0.15) is 0 Å². The molecule has 1 aromatic rings. The fraction of sp³-hybridized carbons (Fsp3) is 0.385. The number of allylic oxidation sites excluding steroid dienone is 1. The van der Waals surface area contributed by atoms with E-state index in [1.165, 1.54) is 11.1 Å². The van der Waals surface area contributed by atoms with Gasteiger partial charge in [-0.05, 0) is 23.0 Å². The number of rotatable bonds is 0. The second-order valence-corrected chi connectivity index (χ2v) is 4.80. The van der Waals surface area contributed by atoms with Crippen LogP contribution in [0.4, 0.5) is 0 Å². The molecule has 1 aromatic carbocycles. The minimum absolute atomic E-state index is 0.318. The minimum atomic E-state index is 0.318. The summed E-state index contributed by atoms with van der Waals surface area (Å²) in [6.07, 6.45) is 3.48. The second kappa shape index (κ2) is 2.73. The fourth-order valence-corrected chi connectivity index (χ4v) is 1.76. The second-order valence-electron chi connectivity index (χ2n) is 4.80. The molecule has 0 bridgehead atoms. The Kier molecular flexibility index (Phi) is 1.80. The Hall–Kier alpha value is -1.04. The number of fused-ring (bicyclic) bond motifs is 1. The summed E-state index contributed by atoms with van der Waals surface area (Å²) in [5, 5.41) is 0. The molecule has 1 aliphatic carbocycles. The average Bonchev–Trinajstić information content (AvgIpc) is 2.45. The van der Waals surface area contributed by atoms with Crippen molar-refractivity contribution in [3.63, 3.8) is 0 Å². The molecule has 0 nitrogen and oxygen atoms in total. The van der Waals surface area contributed by atoms with Crippen LogP contribution in [0.5, 0.6) is 0 Å². The lowest BCUT2D eigenvalue weighted by molar-refractivity contribution is 0.498. The molecule has 0 radical (unpaired) electrons. The average molecular weight is 172 g/mol. The van der Waals surface area contributed by atoms with E-state index in [-0.39, 0.29) is 0 Å². The first-order valence-electron chi connectivity index (χ1n) is 4.86. The zero-order valence-corrected chi connectivity index (χ0v) is 8.59. The molecule has 0 atom stereocenters. The van der Waals surface area contributed by atoms with Crippen molar-refractivity contribution in [3.8, 4) is 0 Å². The number of benzene rings is 1. The predicted molar refractivity (Wildman–Crippen MR) is 57.6 cm³/mol. The normalized spacial score (nSPS) is 15.5. The van der Waals surface area contributed by atoms with Gasteiger partial charge in [-0.25, -0.2) is 0 Å². The first-order chi connectivity index (χ1) is 6.07. The molecule has 1 aliphatic rings.